The fourth-order valence-electron chi connectivity index (χ4n) is 2.55. The van der Waals surface area contributed by atoms with Gasteiger partial charge in [0.2, 0.25) is 5.91 Å². The number of rotatable bonds is 8. The summed E-state index contributed by atoms with van der Waals surface area (Å²) in [7, 11) is 4.12. The Morgan fingerprint density at radius 3 is 2.09 bits per heavy atom. The lowest BCUT2D eigenvalue weighted by atomic mass is 10.0. The van der Waals surface area contributed by atoms with E-state index in [-0.39, 0.29) is 5.91 Å². The summed E-state index contributed by atoms with van der Waals surface area (Å²) in [5.74, 6) is 0.119. The minimum absolute atomic E-state index is 0.119. The molecule has 0 unspecified atom stereocenters. The number of benzene rings is 2. The van der Waals surface area contributed by atoms with Gasteiger partial charge in [-0.3, -0.25) is 4.79 Å². The standard InChI is InChI=1S/C20H26N2O/c1-22(2)19(15-18-11-7-4-8-12-18)16-21-20(23)14-13-17-9-5-3-6-10-17/h3-12,19H,13-16H2,1-2H3,(H,21,23)/t19-/m1/s1. The Hall–Kier alpha value is -2.13. The number of carbonyl (C=O) groups is 1. The zero-order valence-electron chi connectivity index (χ0n) is 14.0. The minimum atomic E-state index is 0.119. The van der Waals surface area contributed by atoms with Gasteiger partial charge in [-0.1, -0.05) is 60.7 Å². The summed E-state index contributed by atoms with van der Waals surface area (Å²) >= 11 is 0. The first-order valence-corrected chi connectivity index (χ1v) is 8.16. The summed E-state index contributed by atoms with van der Waals surface area (Å²) in [5, 5.41) is 3.07. The Bertz CT molecular complexity index is 581. The van der Waals surface area contributed by atoms with Crippen LogP contribution in [0.3, 0.4) is 0 Å². The zero-order valence-corrected chi connectivity index (χ0v) is 14.0. The molecule has 2 rings (SSSR count). The van der Waals surface area contributed by atoms with E-state index in [1.165, 1.54) is 11.1 Å². The van der Waals surface area contributed by atoms with Gasteiger partial charge >= 0.3 is 0 Å². The number of hydrogen-bond acceptors (Lipinski definition) is 2. The average Bonchev–Trinajstić information content (AvgIpc) is 2.58. The molecule has 1 N–H and O–H groups in total. The van der Waals surface area contributed by atoms with E-state index in [2.05, 4.69) is 60.7 Å². The molecule has 1 amide bonds. The maximum Gasteiger partial charge on any atom is 0.220 e. The summed E-state index contributed by atoms with van der Waals surface area (Å²) < 4.78 is 0. The summed E-state index contributed by atoms with van der Waals surface area (Å²) in [4.78, 5) is 14.2. The van der Waals surface area contributed by atoms with Crippen LogP contribution in [0, 0.1) is 0 Å². The molecule has 0 radical (unpaired) electrons. The largest absolute Gasteiger partial charge is 0.355 e. The van der Waals surface area contributed by atoms with Crippen LogP contribution < -0.4 is 5.32 Å². The van der Waals surface area contributed by atoms with Crippen LogP contribution in [0.15, 0.2) is 60.7 Å². The second-order valence-electron chi connectivity index (χ2n) is 6.10. The number of hydrogen-bond donors (Lipinski definition) is 1. The van der Waals surface area contributed by atoms with Gasteiger partial charge in [-0.05, 0) is 38.1 Å². The van der Waals surface area contributed by atoms with E-state index in [9.17, 15) is 4.79 Å². The zero-order chi connectivity index (χ0) is 16.5. The van der Waals surface area contributed by atoms with Gasteiger partial charge < -0.3 is 10.2 Å². The van der Waals surface area contributed by atoms with Crippen molar-refractivity contribution in [1.29, 1.82) is 0 Å². The van der Waals surface area contributed by atoms with Crippen LogP contribution in [-0.2, 0) is 17.6 Å². The first-order chi connectivity index (χ1) is 11.1. The SMILES string of the molecule is CN(C)[C@@H](CNC(=O)CCc1ccccc1)Cc1ccccc1. The van der Waals surface area contributed by atoms with Crippen LogP contribution >= 0.6 is 0 Å². The molecule has 3 heteroatoms. The Morgan fingerprint density at radius 2 is 1.52 bits per heavy atom. The maximum atomic E-state index is 12.1. The highest BCUT2D eigenvalue weighted by molar-refractivity contribution is 5.76. The van der Waals surface area contributed by atoms with Crippen LogP contribution in [0.5, 0.6) is 0 Å². The molecule has 1 atom stereocenters. The van der Waals surface area contributed by atoms with Crippen molar-refractivity contribution in [1.82, 2.24) is 10.2 Å². The molecule has 0 aliphatic carbocycles. The van der Waals surface area contributed by atoms with E-state index in [1.54, 1.807) is 0 Å². The van der Waals surface area contributed by atoms with Crippen molar-refractivity contribution in [2.45, 2.75) is 25.3 Å². The van der Waals surface area contributed by atoms with Crippen molar-refractivity contribution in [3.8, 4) is 0 Å². The second kappa shape index (κ2) is 9.11. The van der Waals surface area contributed by atoms with Crippen molar-refractivity contribution in [2.75, 3.05) is 20.6 Å². The molecule has 0 saturated heterocycles. The van der Waals surface area contributed by atoms with E-state index in [0.717, 1.165) is 12.8 Å². The second-order valence-corrected chi connectivity index (χ2v) is 6.10. The van der Waals surface area contributed by atoms with Crippen molar-refractivity contribution >= 4 is 5.91 Å². The monoisotopic (exact) mass is 310 g/mol. The first kappa shape index (κ1) is 17.2. The molecule has 122 valence electrons. The number of nitrogens with one attached hydrogen (secondary N) is 1. The highest BCUT2D eigenvalue weighted by Gasteiger charge is 2.13. The van der Waals surface area contributed by atoms with Gasteiger partial charge in [0.25, 0.3) is 0 Å². The third kappa shape index (κ3) is 6.25. The average molecular weight is 310 g/mol. The van der Waals surface area contributed by atoms with Crippen LogP contribution in [0.4, 0.5) is 0 Å². The van der Waals surface area contributed by atoms with Gasteiger partial charge in [-0.15, -0.1) is 0 Å². The molecule has 0 heterocycles. The number of aryl methyl sites for hydroxylation is 1. The summed E-state index contributed by atoms with van der Waals surface area (Å²) in [6, 6.07) is 20.8. The van der Waals surface area contributed by atoms with Crippen molar-refractivity contribution < 1.29 is 4.79 Å². The Balaban J connectivity index is 1.78. The molecule has 0 aliphatic rings. The fourth-order valence-corrected chi connectivity index (χ4v) is 2.55. The highest BCUT2D eigenvalue weighted by atomic mass is 16.1. The van der Waals surface area contributed by atoms with Crippen molar-refractivity contribution in [3.05, 3.63) is 71.8 Å². The number of amides is 1. The molecule has 2 aromatic carbocycles. The maximum absolute atomic E-state index is 12.1. The normalized spacial score (nSPS) is 12.1. The van der Waals surface area contributed by atoms with E-state index in [0.29, 0.717) is 19.0 Å². The number of carbonyl (C=O) groups excluding carboxylic acids is 1. The van der Waals surface area contributed by atoms with Crippen LogP contribution in [-0.4, -0.2) is 37.5 Å². The highest BCUT2D eigenvalue weighted by Crippen LogP contribution is 2.07. The molecule has 0 spiro atoms. The van der Waals surface area contributed by atoms with Gasteiger partial charge in [-0.25, -0.2) is 0 Å². The van der Waals surface area contributed by atoms with Gasteiger partial charge in [0.15, 0.2) is 0 Å². The first-order valence-electron chi connectivity index (χ1n) is 8.16. The topological polar surface area (TPSA) is 32.3 Å². The molecule has 23 heavy (non-hydrogen) atoms. The molecule has 0 aliphatic heterocycles. The molecule has 0 bridgehead atoms. The van der Waals surface area contributed by atoms with E-state index < -0.39 is 0 Å². The van der Waals surface area contributed by atoms with Gasteiger partial charge in [0.05, 0.1) is 0 Å². The molecule has 0 fully saturated rings. The lowest BCUT2D eigenvalue weighted by Gasteiger charge is -2.24. The third-order valence-corrected chi connectivity index (χ3v) is 4.06. The quantitative estimate of drug-likeness (QED) is 0.813. The minimum Gasteiger partial charge on any atom is -0.355 e. The molecule has 0 aromatic heterocycles. The van der Waals surface area contributed by atoms with Crippen molar-refractivity contribution in [2.24, 2.45) is 0 Å². The number of likely N-dealkylation sites (N-methyl/N-ethyl adjacent to an activating group) is 1. The fraction of sp³-hybridized carbons (Fsp3) is 0.350. The van der Waals surface area contributed by atoms with E-state index in [4.69, 9.17) is 0 Å². The molecule has 0 saturated carbocycles. The van der Waals surface area contributed by atoms with Gasteiger partial charge in [0, 0.05) is 19.0 Å². The van der Waals surface area contributed by atoms with E-state index in [1.807, 2.05) is 24.3 Å². The van der Waals surface area contributed by atoms with Crippen LogP contribution in [0.25, 0.3) is 0 Å². The van der Waals surface area contributed by atoms with Gasteiger partial charge in [-0.2, -0.15) is 0 Å². The number of nitrogens with zero attached hydrogens (tertiary/aromatic N) is 1. The van der Waals surface area contributed by atoms with E-state index >= 15 is 0 Å². The molecule has 3 nitrogen and oxygen atoms in total. The predicted octanol–water partition coefficient (Wildman–Crippen LogP) is 2.91. The lowest BCUT2D eigenvalue weighted by Crippen LogP contribution is -2.41. The third-order valence-electron chi connectivity index (χ3n) is 4.06. The Labute approximate surface area is 139 Å². The Morgan fingerprint density at radius 1 is 0.957 bits per heavy atom. The summed E-state index contributed by atoms with van der Waals surface area (Å²) in [5.41, 5.74) is 2.50. The predicted molar refractivity (Wildman–Crippen MR) is 95.4 cm³/mol. The Kier molecular flexibility index (Phi) is 6.82. The molecular weight excluding hydrogens is 284 g/mol. The van der Waals surface area contributed by atoms with Crippen LogP contribution in [0.1, 0.15) is 17.5 Å². The summed E-state index contributed by atoms with van der Waals surface area (Å²) in [6.07, 6.45) is 2.26. The molecular formula is C20H26N2O. The summed E-state index contributed by atoms with van der Waals surface area (Å²) in [6.45, 7) is 0.676. The smallest absolute Gasteiger partial charge is 0.220 e. The molecule has 2 aromatic rings. The van der Waals surface area contributed by atoms with Crippen molar-refractivity contribution in [3.63, 3.8) is 0 Å². The van der Waals surface area contributed by atoms with Gasteiger partial charge in [0.1, 0.15) is 0 Å². The van der Waals surface area contributed by atoms with Crippen LogP contribution in [0.2, 0.25) is 0 Å². The lowest BCUT2D eigenvalue weighted by molar-refractivity contribution is -0.121.